The topological polar surface area (TPSA) is 20.3 Å². The molecule has 2 bridgehead atoms. The first-order valence-corrected chi connectivity index (χ1v) is 8.57. The van der Waals surface area contributed by atoms with Crippen molar-refractivity contribution < 1.29 is 4.79 Å². The summed E-state index contributed by atoms with van der Waals surface area (Å²) in [7, 11) is 0. The molecule has 1 amide bonds. The molecule has 0 spiro atoms. The molecule has 3 aliphatic carbocycles. The average Bonchev–Trinajstić information content (AvgIpc) is 2.83. The predicted octanol–water partition coefficient (Wildman–Crippen LogP) is 4.37. The normalized spacial score (nSPS) is 35.4. The minimum atomic E-state index is 0.195. The largest absolute Gasteiger partial charge is 0.308 e. The zero-order valence-electron chi connectivity index (χ0n) is 13.9. The van der Waals surface area contributed by atoms with Crippen molar-refractivity contribution in [1.29, 1.82) is 0 Å². The maximum atomic E-state index is 12.4. The molecule has 5 rings (SSSR count). The zero-order valence-corrected chi connectivity index (χ0v) is 13.9. The first-order chi connectivity index (χ1) is 10.5. The summed E-state index contributed by atoms with van der Waals surface area (Å²) < 4.78 is 0. The maximum Gasteiger partial charge on any atom is 0.224 e. The van der Waals surface area contributed by atoms with Crippen LogP contribution < -0.4 is 4.90 Å². The van der Waals surface area contributed by atoms with Crippen molar-refractivity contribution in [3.63, 3.8) is 0 Å². The molecule has 4 aliphatic rings. The Bertz CT molecular complexity index is 659. The van der Waals surface area contributed by atoms with E-state index in [1.165, 1.54) is 12.0 Å². The minimum Gasteiger partial charge on any atom is -0.308 e. The van der Waals surface area contributed by atoms with Crippen molar-refractivity contribution in [3.05, 3.63) is 41.5 Å². The van der Waals surface area contributed by atoms with E-state index in [1.807, 2.05) is 0 Å². The maximum absolute atomic E-state index is 12.4. The van der Waals surface area contributed by atoms with Gasteiger partial charge in [0.2, 0.25) is 5.91 Å². The number of amides is 1. The lowest BCUT2D eigenvalue weighted by Crippen LogP contribution is -2.53. The second-order valence-electron chi connectivity index (χ2n) is 7.70. The van der Waals surface area contributed by atoms with E-state index in [9.17, 15) is 4.79 Å². The number of hydrogen-bond donors (Lipinski definition) is 0. The highest BCUT2D eigenvalue weighted by atomic mass is 16.2. The van der Waals surface area contributed by atoms with E-state index in [0.717, 1.165) is 5.69 Å². The summed E-state index contributed by atoms with van der Waals surface area (Å²) in [6, 6.07) is 8.90. The van der Waals surface area contributed by atoms with E-state index in [2.05, 4.69) is 56.0 Å². The van der Waals surface area contributed by atoms with Crippen LogP contribution in [0.25, 0.3) is 0 Å². The van der Waals surface area contributed by atoms with E-state index in [-0.39, 0.29) is 5.91 Å². The minimum absolute atomic E-state index is 0.195. The van der Waals surface area contributed by atoms with Gasteiger partial charge in [-0.05, 0) is 42.7 Å². The van der Waals surface area contributed by atoms with E-state index in [0.29, 0.717) is 35.6 Å². The van der Waals surface area contributed by atoms with Gasteiger partial charge in [-0.1, -0.05) is 43.7 Å². The SMILES string of the molecule is CC(=O)N1c2ccccc2[C@H]2[C@@H]1[C@H]1C=C(C)[C@@H]2C[C@H]1C(C)C. The van der Waals surface area contributed by atoms with Crippen LogP contribution in [0.3, 0.4) is 0 Å². The van der Waals surface area contributed by atoms with Crippen LogP contribution in [0.4, 0.5) is 5.69 Å². The summed E-state index contributed by atoms with van der Waals surface area (Å²) in [6.45, 7) is 8.69. The summed E-state index contributed by atoms with van der Waals surface area (Å²) in [5.41, 5.74) is 4.10. The van der Waals surface area contributed by atoms with Crippen LogP contribution in [0, 0.1) is 23.7 Å². The number of allylic oxidation sites excluding steroid dienone is 1. The van der Waals surface area contributed by atoms with E-state index < -0.39 is 0 Å². The van der Waals surface area contributed by atoms with Crippen LogP contribution in [0.5, 0.6) is 0 Å². The van der Waals surface area contributed by atoms with Crippen LogP contribution in [0.1, 0.15) is 45.6 Å². The second-order valence-corrected chi connectivity index (χ2v) is 7.70. The first-order valence-electron chi connectivity index (χ1n) is 8.57. The number of fused-ring (bicyclic) bond motifs is 2. The molecule has 2 heteroatoms. The van der Waals surface area contributed by atoms with Crippen LogP contribution in [-0.4, -0.2) is 11.9 Å². The molecule has 5 atom stereocenters. The molecule has 1 aliphatic heterocycles. The van der Waals surface area contributed by atoms with Gasteiger partial charge in [0.05, 0.1) is 6.04 Å². The lowest BCUT2D eigenvalue weighted by Gasteiger charge is -2.52. The van der Waals surface area contributed by atoms with Gasteiger partial charge in [0.25, 0.3) is 0 Å². The molecule has 0 saturated heterocycles. The monoisotopic (exact) mass is 295 g/mol. The lowest BCUT2D eigenvalue weighted by atomic mass is 9.55. The van der Waals surface area contributed by atoms with Crippen molar-refractivity contribution in [2.45, 2.75) is 46.1 Å². The van der Waals surface area contributed by atoms with E-state index in [4.69, 9.17) is 0 Å². The van der Waals surface area contributed by atoms with Gasteiger partial charge in [0.15, 0.2) is 0 Å². The molecule has 0 radical (unpaired) electrons. The number of para-hydroxylation sites is 1. The van der Waals surface area contributed by atoms with Gasteiger partial charge in [0, 0.05) is 24.4 Å². The average molecular weight is 295 g/mol. The fourth-order valence-corrected chi connectivity index (χ4v) is 5.43. The predicted molar refractivity (Wildman–Crippen MR) is 89.8 cm³/mol. The molecule has 116 valence electrons. The zero-order chi connectivity index (χ0) is 15.6. The van der Waals surface area contributed by atoms with Crippen LogP contribution >= 0.6 is 0 Å². The van der Waals surface area contributed by atoms with Crippen LogP contribution in [0.15, 0.2) is 35.9 Å². The van der Waals surface area contributed by atoms with Gasteiger partial charge >= 0.3 is 0 Å². The highest BCUT2D eigenvalue weighted by Crippen LogP contribution is 2.60. The summed E-state index contributed by atoms with van der Waals surface area (Å²) in [5, 5.41) is 0. The molecule has 1 heterocycles. The molecule has 22 heavy (non-hydrogen) atoms. The molecule has 0 N–H and O–H groups in total. The Morgan fingerprint density at radius 3 is 2.68 bits per heavy atom. The summed E-state index contributed by atoms with van der Waals surface area (Å²) in [5.74, 6) is 3.19. The quantitative estimate of drug-likeness (QED) is 0.704. The third kappa shape index (κ3) is 1.70. The van der Waals surface area contributed by atoms with Crippen molar-refractivity contribution >= 4 is 11.6 Å². The fraction of sp³-hybridized carbons (Fsp3) is 0.550. The van der Waals surface area contributed by atoms with Gasteiger partial charge < -0.3 is 4.90 Å². The molecule has 1 fully saturated rings. The molecule has 1 saturated carbocycles. The third-order valence-electron chi connectivity index (χ3n) is 6.31. The lowest BCUT2D eigenvalue weighted by molar-refractivity contribution is -0.117. The van der Waals surface area contributed by atoms with Gasteiger partial charge in [-0.15, -0.1) is 0 Å². The van der Waals surface area contributed by atoms with Gasteiger partial charge in [-0.3, -0.25) is 4.79 Å². The second kappa shape index (κ2) is 4.71. The molecule has 1 aromatic rings. The van der Waals surface area contributed by atoms with Crippen LogP contribution in [-0.2, 0) is 4.79 Å². The molecular weight excluding hydrogens is 270 g/mol. The summed E-state index contributed by atoms with van der Waals surface area (Å²) >= 11 is 0. The van der Waals surface area contributed by atoms with E-state index >= 15 is 0 Å². The number of carbonyl (C=O) groups is 1. The smallest absolute Gasteiger partial charge is 0.224 e. The highest BCUT2D eigenvalue weighted by Gasteiger charge is 2.55. The Balaban J connectivity index is 1.88. The number of carbonyl (C=O) groups excluding carboxylic acids is 1. The summed E-state index contributed by atoms with van der Waals surface area (Å²) in [4.78, 5) is 14.5. The Kier molecular flexibility index (Phi) is 3.01. The molecule has 0 aromatic heterocycles. The Morgan fingerprint density at radius 1 is 1.27 bits per heavy atom. The molecule has 2 nitrogen and oxygen atoms in total. The van der Waals surface area contributed by atoms with Gasteiger partial charge in [0.1, 0.15) is 0 Å². The molecule has 0 unspecified atom stereocenters. The number of nitrogens with zero attached hydrogens (tertiary/aromatic N) is 1. The number of hydrogen-bond acceptors (Lipinski definition) is 1. The standard InChI is InChI=1S/C20H25NO/c1-11(2)15-10-16-12(3)9-17(15)20-19(16)14-7-5-6-8-18(14)21(20)13(4)22/h5-9,11,15-17,19-20H,10H2,1-4H3/t15-,16-,17-,19+,20-/m0/s1. The summed E-state index contributed by atoms with van der Waals surface area (Å²) in [6.07, 6.45) is 3.77. The first kappa shape index (κ1) is 14.0. The molecule has 1 aromatic carbocycles. The number of benzene rings is 1. The molecular formula is C20H25NO. The van der Waals surface area contributed by atoms with Gasteiger partial charge in [-0.25, -0.2) is 0 Å². The van der Waals surface area contributed by atoms with Crippen LogP contribution in [0.2, 0.25) is 0 Å². The number of anilines is 1. The Labute approximate surface area is 133 Å². The highest BCUT2D eigenvalue weighted by molar-refractivity contribution is 5.95. The number of rotatable bonds is 1. The van der Waals surface area contributed by atoms with Crippen molar-refractivity contribution in [2.75, 3.05) is 4.90 Å². The van der Waals surface area contributed by atoms with Crippen molar-refractivity contribution in [3.8, 4) is 0 Å². The fourth-order valence-electron chi connectivity index (χ4n) is 5.43. The van der Waals surface area contributed by atoms with Crippen molar-refractivity contribution in [1.82, 2.24) is 0 Å². The van der Waals surface area contributed by atoms with E-state index in [1.54, 1.807) is 12.5 Å². The third-order valence-corrected chi connectivity index (χ3v) is 6.31. The van der Waals surface area contributed by atoms with Gasteiger partial charge in [-0.2, -0.15) is 0 Å². The Hall–Kier alpha value is -1.57. The Morgan fingerprint density at radius 2 is 2.00 bits per heavy atom. The van der Waals surface area contributed by atoms with Crippen molar-refractivity contribution in [2.24, 2.45) is 23.7 Å².